The monoisotopic (exact) mass is 378 g/mol. The van der Waals surface area contributed by atoms with Crippen molar-refractivity contribution in [3.05, 3.63) is 29.8 Å². The third-order valence-electron chi connectivity index (χ3n) is 5.09. The maximum absolute atomic E-state index is 12.4. The Bertz CT molecular complexity index is 593. The smallest absolute Gasteiger partial charge is 0.317 e. The van der Waals surface area contributed by atoms with E-state index in [9.17, 15) is 15.0 Å². The van der Waals surface area contributed by atoms with Crippen LogP contribution in [-0.4, -0.2) is 59.6 Å². The molecule has 152 valence electrons. The Morgan fingerprint density at radius 2 is 2.07 bits per heavy atom. The average molecular weight is 379 g/mol. The lowest BCUT2D eigenvalue weighted by Crippen LogP contribution is -2.42. The second-order valence-corrected chi connectivity index (χ2v) is 7.84. The van der Waals surface area contributed by atoms with Gasteiger partial charge in [-0.25, -0.2) is 4.79 Å². The topological polar surface area (TPSA) is 82.0 Å². The van der Waals surface area contributed by atoms with Gasteiger partial charge in [0.2, 0.25) is 0 Å². The minimum atomic E-state index is -1.05. The first kappa shape index (κ1) is 21.5. The number of aliphatic hydroxyl groups excluding tert-OH is 1. The second kappa shape index (κ2) is 10.5. The van der Waals surface area contributed by atoms with Crippen molar-refractivity contribution in [2.24, 2.45) is 5.92 Å². The van der Waals surface area contributed by atoms with E-state index in [1.165, 1.54) is 0 Å². The molecule has 0 aromatic heterocycles. The summed E-state index contributed by atoms with van der Waals surface area (Å²) in [5.41, 5.74) is 0.0356. The number of likely N-dealkylation sites (tertiary alicyclic amines) is 1. The predicted octanol–water partition coefficient (Wildman–Crippen LogP) is 2.57. The Balaban J connectivity index is 1.79. The molecule has 1 aromatic rings. The molecule has 1 fully saturated rings. The van der Waals surface area contributed by atoms with Gasteiger partial charge in [-0.3, -0.25) is 0 Å². The number of carbonyl (C=O) groups is 1. The number of rotatable bonds is 8. The summed E-state index contributed by atoms with van der Waals surface area (Å²) in [5, 5.41) is 22.5. The van der Waals surface area contributed by atoms with E-state index in [0.29, 0.717) is 57.8 Å². The lowest BCUT2D eigenvalue weighted by atomic mass is 9.96. The Labute approximate surface area is 162 Å². The summed E-state index contributed by atoms with van der Waals surface area (Å²) in [5.74, 6) is 1.49. The second-order valence-electron chi connectivity index (χ2n) is 7.84. The number of urea groups is 1. The number of nitrogens with zero attached hydrogens (tertiary/aromatic N) is 1. The molecule has 27 heavy (non-hydrogen) atoms. The number of carbonyl (C=O) groups excluding carboxylic acids is 1. The highest BCUT2D eigenvalue weighted by Crippen LogP contribution is 2.22. The third kappa shape index (κ3) is 7.03. The van der Waals surface area contributed by atoms with Gasteiger partial charge in [-0.15, -0.1) is 0 Å². The maximum atomic E-state index is 12.4. The summed E-state index contributed by atoms with van der Waals surface area (Å²) in [7, 11) is 0. The Morgan fingerprint density at radius 3 is 2.81 bits per heavy atom. The van der Waals surface area contributed by atoms with Crippen LogP contribution in [-0.2, 0) is 6.42 Å². The fourth-order valence-electron chi connectivity index (χ4n) is 3.21. The van der Waals surface area contributed by atoms with Crippen molar-refractivity contribution in [1.29, 1.82) is 0 Å². The Kier molecular flexibility index (Phi) is 8.38. The molecule has 1 saturated heterocycles. The Morgan fingerprint density at radius 1 is 1.30 bits per heavy atom. The van der Waals surface area contributed by atoms with E-state index >= 15 is 0 Å². The lowest BCUT2D eigenvalue weighted by molar-refractivity contribution is -0.0248. The lowest BCUT2D eigenvalue weighted by Gasteiger charge is -2.24. The van der Waals surface area contributed by atoms with Crippen LogP contribution in [0.15, 0.2) is 24.3 Å². The molecule has 0 aliphatic carbocycles. The van der Waals surface area contributed by atoms with E-state index in [2.05, 4.69) is 19.2 Å². The van der Waals surface area contributed by atoms with Gasteiger partial charge in [-0.1, -0.05) is 32.0 Å². The highest BCUT2D eigenvalue weighted by Gasteiger charge is 2.30. The molecule has 1 aliphatic rings. The van der Waals surface area contributed by atoms with Crippen molar-refractivity contribution >= 4 is 6.03 Å². The third-order valence-corrected chi connectivity index (χ3v) is 5.09. The maximum Gasteiger partial charge on any atom is 0.317 e. The van der Waals surface area contributed by atoms with Crippen molar-refractivity contribution in [3.8, 4) is 5.75 Å². The number of para-hydroxylation sites is 1. The quantitative estimate of drug-likeness (QED) is 0.649. The first-order valence-corrected chi connectivity index (χ1v) is 10.0. The molecule has 0 bridgehead atoms. The fourth-order valence-corrected chi connectivity index (χ4v) is 3.21. The molecular formula is C21H34N2O4. The molecule has 3 N–H and O–H groups in total. The molecule has 1 aromatic carbocycles. The number of hydrogen-bond acceptors (Lipinski definition) is 4. The summed E-state index contributed by atoms with van der Waals surface area (Å²) in [6.07, 6.45) is 3.34. The summed E-state index contributed by atoms with van der Waals surface area (Å²) < 4.78 is 5.90. The zero-order valence-corrected chi connectivity index (χ0v) is 16.6. The zero-order chi connectivity index (χ0) is 19.7. The van der Waals surface area contributed by atoms with Gasteiger partial charge in [0, 0.05) is 19.6 Å². The number of hydrogen-bond donors (Lipinski definition) is 3. The standard InChI is InChI=1S/C21H34N2O4/c1-17(2)9-15-27-19-7-4-3-6-18(19)8-12-22-20(25)23-13-5-10-21(26,16-24)11-14-23/h3-4,6-7,17,24,26H,5,8-16H2,1-2H3,(H,22,25). The minimum absolute atomic E-state index is 0.115. The van der Waals surface area contributed by atoms with E-state index in [1.54, 1.807) is 4.90 Å². The molecule has 6 heteroatoms. The van der Waals surface area contributed by atoms with Crippen LogP contribution in [0.5, 0.6) is 5.75 Å². The van der Waals surface area contributed by atoms with E-state index in [4.69, 9.17) is 4.74 Å². The van der Waals surface area contributed by atoms with Crippen LogP contribution in [0.1, 0.15) is 45.1 Å². The fraction of sp³-hybridized carbons (Fsp3) is 0.667. The molecule has 0 spiro atoms. The van der Waals surface area contributed by atoms with Crippen molar-refractivity contribution in [3.63, 3.8) is 0 Å². The van der Waals surface area contributed by atoms with Crippen molar-refractivity contribution in [2.45, 2.75) is 51.6 Å². The van der Waals surface area contributed by atoms with Crippen LogP contribution in [0.2, 0.25) is 0 Å². The molecular weight excluding hydrogens is 344 g/mol. The van der Waals surface area contributed by atoms with Crippen molar-refractivity contribution < 1.29 is 19.7 Å². The predicted molar refractivity (Wildman–Crippen MR) is 106 cm³/mol. The molecule has 2 rings (SSSR count). The molecule has 1 aliphatic heterocycles. The van der Waals surface area contributed by atoms with Gasteiger partial charge in [0.15, 0.2) is 0 Å². The van der Waals surface area contributed by atoms with E-state index < -0.39 is 5.60 Å². The zero-order valence-electron chi connectivity index (χ0n) is 16.6. The molecule has 1 atom stereocenters. The van der Waals surface area contributed by atoms with Crippen LogP contribution in [0.3, 0.4) is 0 Å². The van der Waals surface area contributed by atoms with Gasteiger partial charge in [0.1, 0.15) is 5.75 Å². The van der Waals surface area contributed by atoms with Crippen LogP contribution in [0, 0.1) is 5.92 Å². The summed E-state index contributed by atoms with van der Waals surface area (Å²) in [4.78, 5) is 14.1. The van der Waals surface area contributed by atoms with Gasteiger partial charge in [-0.05, 0) is 49.7 Å². The number of benzene rings is 1. The van der Waals surface area contributed by atoms with E-state index in [0.717, 1.165) is 17.7 Å². The van der Waals surface area contributed by atoms with Gasteiger partial charge >= 0.3 is 6.03 Å². The van der Waals surface area contributed by atoms with Crippen LogP contribution in [0.4, 0.5) is 4.79 Å². The van der Waals surface area contributed by atoms with Crippen LogP contribution >= 0.6 is 0 Å². The number of amides is 2. The van der Waals surface area contributed by atoms with Crippen LogP contribution < -0.4 is 10.1 Å². The van der Waals surface area contributed by atoms with Gasteiger partial charge in [0.25, 0.3) is 0 Å². The normalized spacial score (nSPS) is 20.4. The highest BCUT2D eigenvalue weighted by atomic mass is 16.5. The SMILES string of the molecule is CC(C)CCOc1ccccc1CCNC(=O)N1CCCC(O)(CO)CC1. The van der Waals surface area contributed by atoms with Crippen LogP contribution in [0.25, 0.3) is 0 Å². The van der Waals surface area contributed by atoms with E-state index in [1.807, 2.05) is 24.3 Å². The summed E-state index contributed by atoms with van der Waals surface area (Å²) in [6, 6.07) is 7.84. The largest absolute Gasteiger partial charge is 0.493 e. The molecule has 6 nitrogen and oxygen atoms in total. The molecule has 1 unspecified atom stereocenters. The number of nitrogens with one attached hydrogen (secondary N) is 1. The first-order chi connectivity index (χ1) is 12.9. The number of aliphatic hydroxyl groups is 2. The van der Waals surface area contributed by atoms with Gasteiger partial charge in [0.05, 0.1) is 18.8 Å². The number of ether oxygens (including phenoxy) is 1. The summed E-state index contributed by atoms with van der Waals surface area (Å²) >= 11 is 0. The average Bonchev–Trinajstić information content (AvgIpc) is 2.85. The molecule has 1 heterocycles. The molecule has 0 saturated carbocycles. The Hall–Kier alpha value is -1.79. The van der Waals surface area contributed by atoms with Crippen molar-refractivity contribution in [1.82, 2.24) is 10.2 Å². The van der Waals surface area contributed by atoms with Gasteiger partial charge in [-0.2, -0.15) is 0 Å². The molecule has 2 amide bonds. The van der Waals surface area contributed by atoms with Crippen molar-refractivity contribution in [2.75, 3.05) is 32.8 Å². The minimum Gasteiger partial charge on any atom is -0.493 e. The van der Waals surface area contributed by atoms with E-state index in [-0.39, 0.29) is 12.6 Å². The molecule has 0 radical (unpaired) electrons. The first-order valence-electron chi connectivity index (χ1n) is 10.0. The highest BCUT2D eigenvalue weighted by molar-refractivity contribution is 5.74. The summed E-state index contributed by atoms with van der Waals surface area (Å²) in [6.45, 7) is 6.38. The van der Waals surface area contributed by atoms with Gasteiger partial charge < -0.3 is 25.2 Å².